The summed E-state index contributed by atoms with van der Waals surface area (Å²) in [6, 6.07) is 8.22. The number of benzene rings is 1. The van der Waals surface area contributed by atoms with Crippen molar-refractivity contribution >= 4 is 22.9 Å². The van der Waals surface area contributed by atoms with Gasteiger partial charge in [0.2, 0.25) is 11.9 Å². The Labute approximate surface area is 142 Å². The highest BCUT2D eigenvalue weighted by molar-refractivity contribution is 5.80. The fourth-order valence-corrected chi connectivity index (χ4v) is 3.39. The number of nitrogens with one attached hydrogen (secondary N) is 1. The fourth-order valence-electron chi connectivity index (χ4n) is 3.39. The SMILES string of the molecule is CCn1c(N2CCC(C(=O)NCCCO)CC2)nc2ccccc21. The third-order valence-corrected chi connectivity index (χ3v) is 4.73. The lowest BCUT2D eigenvalue weighted by Crippen LogP contribution is -2.41. The van der Waals surface area contributed by atoms with Gasteiger partial charge in [0.25, 0.3) is 0 Å². The summed E-state index contributed by atoms with van der Waals surface area (Å²) in [5, 5.41) is 11.7. The van der Waals surface area contributed by atoms with E-state index in [1.807, 2.05) is 18.2 Å². The van der Waals surface area contributed by atoms with E-state index in [-0.39, 0.29) is 18.4 Å². The molecule has 0 aliphatic carbocycles. The molecular weight excluding hydrogens is 304 g/mol. The van der Waals surface area contributed by atoms with Crippen molar-refractivity contribution in [3.8, 4) is 0 Å². The van der Waals surface area contributed by atoms with Gasteiger partial charge in [-0.05, 0) is 38.3 Å². The van der Waals surface area contributed by atoms with Gasteiger partial charge in [-0.2, -0.15) is 0 Å². The fraction of sp³-hybridized carbons (Fsp3) is 0.556. The number of fused-ring (bicyclic) bond motifs is 1. The lowest BCUT2D eigenvalue weighted by molar-refractivity contribution is -0.125. The monoisotopic (exact) mass is 330 g/mol. The molecule has 0 bridgehead atoms. The zero-order valence-corrected chi connectivity index (χ0v) is 14.2. The zero-order valence-electron chi connectivity index (χ0n) is 14.2. The number of aliphatic hydroxyl groups excluding tert-OH is 1. The number of carbonyl (C=O) groups is 1. The molecule has 1 aliphatic heterocycles. The maximum absolute atomic E-state index is 12.1. The molecule has 0 radical (unpaired) electrons. The number of aryl methyl sites for hydroxylation is 1. The second-order valence-electron chi connectivity index (χ2n) is 6.27. The van der Waals surface area contributed by atoms with Gasteiger partial charge in [0.05, 0.1) is 11.0 Å². The largest absolute Gasteiger partial charge is 0.396 e. The predicted molar refractivity (Wildman–Crippen MR) is 95.1 cm³/mol. The van der Waals surface area contributed by atoms with Crippen molar-refractivity contribution in [1.82, 2.24) is 14.9 Å². The molecule has 2 N–H and O–H groups in total. The van der Waals surface area contributed by atoms with Crippen LogP contribution >= 0.6 is 0 Å². The third-order valence-electron chi connectivity index (χ3n) is 4.73. The van der Waals surface area contributed by atoms with Crippen molar-refractivity contribution in [2.45, 2.75) is 32.7 Å². The van der Waals surface area contributed by atoms with Crippen LogP contribution in [0.3, 0.4) is 0 Å². The summed E-state index contributed by atoms with van der Waals surface area (Å²) < 4.78 is 2.25. The average molecular weight is 330 g/mol. The van der Waals surface area contributed by atoms with Gasteiger partial charge in [0.15, 0.2) is 0 Å². The quantitative estimate of drug-likeness (QED) is 0.792. The highest BCUT2D eigenvalue weighted by Gasteiger charge is 2.27. The van der Waals surface area contributed by atoms with Crippen LogP contribution in [-0.4, -0.2) is 46.8 Å². The first-order valence-electron chi connectivity index (χ1n) is 8.83. The molecule has 1 aromatic heterocycles. The Balaban J connectivity index is 1.66. The van der Waals surface area contributed by atoms with E-state index in [0.29, 0.717) is 13.0 Å². The highest BCUT2D eigenvalue weighted by atomic mass is 16.3. The second kappa shape index (κ2) is 7.66. The van der Waals surface area contributed by atoms with Crippen molar-refractivity contribution in [3.63, 3.8) is 0 Å². The van der Waals surface area contributed by atoms with Crippen LogP contribution in [0.4, 0.5) is 5.95 Å². The Hall–Kier alpha value is -2.08. The molecule has 6 nitrogen and oxygen atoms in total. The number of rotatable bonds is 6. The normalized spacial score (nSPS) is 15.8. The maximum atomic E-state index is 12.1. The van der Waals surface area contributed by atoms with E-state index in [1.54, 1.807) is 0 Å². The second-order valence-corrected chi connectivity index (χ2v) is 6.27. The number of para-hydroxylation sites is 2. The molecule has 1 aromatic carbocycles. The van der Waals surface area contributed by atoms with Crippen LogP contribution in [-0.2, 0) is 11.3 Å². The molecule has 130 valence electrons. The number of hydrogen-bond acceptors (Lipinski definition) is 4. The number of piperidine rings is 1. The third kappa shape index (κ3) is 3.38. The molecular formula is C18H26N4O2. The lowest BCUT2D eigenvalue weighted by Gasteiger charge is -2.32. The summed E-state index contributed by atoms with van der Waals surface area (Å²) in [6.07, 6.45) is 2.31. The molecule has 0 saturated carbocycles. The van der Waals surface area contributed by atoms with E-state index in [9.17, 15) is 4.79 Å². The van der Waals surface area contributed by atoms with Gasteiger partial charge in [-0.15, -0.1) is 0 Å². The van der Waals surface area contributed by atoms with Crippen molar-refractivity contribution in [3.05, 3.63) is 24.3 Å². The van der Waals surface area contributed by atoms with E-state index in [4.69, 9.17) is 10.1 Å². The van der Waals surface area contributed by atoms with Gasteiger partial charge in [0, 0.05) is 38.7 Å². The van der Waals surface area contributed by atoms with Crippen LogP contribution < -0.4 is 10.2 Å². The highest BCUT2D eigenvalue weighted by Crippen LogP contribution is 2.26. The molecule has 2 aromatic rings. The van der Waals surface area contributed by atoms with Crippen molar-refractivity contribution in [2.24, 2.45) is 5.92 Å². The zero-order chi connectivity index (χ0) is 16.9. The molecule has 1 amide bonds. The standard InChI is InChI=1S/C18H26N4O2/c1-2-22-16-7-4-3-6-15(16)20-18(22)21-11-8-14(9-12-21)17(24)19-10-5-13-23/h3-4,6-7,14,23H,2,5,8-13H2,1H3,(H,19,24). The van der Waals surface area contributed by atoms with Crippen LogP contribution in [0, 0.1) is 5.92 Å². The number of imidazole rings is 1. The number of aromatic nitrogens is 2. The molecule has 1 saturated heterocycles. The van der Waals surface area contributed by atoms with E-state index in [2.05, 4.69) is 27.8 Å². The Kier molecular flexibility index (Phi) is 5.35. The van der Waals surface area contributed by atoms with Crippen LogP contribution in [0.1, 0.15) is 26.2 Å². The average Bonchev–Trinajstić information content (AvgIpc) is 3.00. The Bertz CT molecular complexity index is 689. The summed E-state index contributed by atoms with van der Waals surface area (Å²) in [6.45, 7) is 5.40. The van der Waals surface area contributed by atoms with E-state index in [0.717, 1.165) is 43.9 Å². The van der Waals surface area contributed by atoms with Gasteiger partial charge < -0.3 is 19.9 Å². The van der Waals surface area contributed by atoms with Crippen LogP contribution in [0.15, 0.2) is 24.3 Å². The van der Waals surface area contributed by atoms with Crippen LogP contribution in [0.2, 0.25) is 0 Å². The van der Waals surface area contributed by atoms with Crippen molar-refractivity contribution in [1.29, 1.82) is 0 Å². The van der Waals surface area contributed by atoms with Gasteiger partial charge in [-0.3, -0.25) is 4.79 Å². The topological polar surface area (TPSA) is 70.4 Å². The number of amides is 1. The summed E-state index contributed by atoms with van der Waals surface area (Å²) in [5.74, 6) is 1.20. The molecule has 24 heavy (non-hydrogen) atoms. The van der Waals surface area contributed by atoms with Gasteiger partial charge in [0.1, 0.15) is 0 Å². The smallest absolute Gasteiger partial charge is 0.223 e. The molecule has 1 fully saturated rings. The molecule has 0 atom stereocenters. The first-order chi connectivity index (χ1) is 11.7. The number of anilines is 1. The van der Waals surface area contributed by atoms with Gasteiger partial charge in [-0.25, -0.2) is 4.98 Å². The van der Waals surface area contributed by atoms with Gasteiger partial charge >= 0.3 is 0 Å². The van der Waals surface area contributed by atoms with E-state index in [1.165, 1.54) is 5.52 Å². The number of nitrogens with zero attached hydrogens (tertiary/aromatic N) is 3. The van der Waals surface area contributed by atoms with Crippen LogP contribution in [0.5, 0.6) is 0 Å². The molecule has 2 heterocycles. The Morgan fingerprint density at radius 1 is 1.33 bits per heavy atom. The summed E-state index contributed by atoms with van der Waals surface area (Å²) >= 11 is 0. The summed E-state index contributed by atoms with van der Waals surface area (Å²) in [7, 11) is 0. The molecule has 6 heteroatoms. The van der Waals surface area contributed by atoms with E-state index >= 15 is 0 Å². The Morgan fingerprint density at radius 2 is 2.08 bits per heavy atom. The summed E-state index contributed by atoms with van der Waals surface area (Å²) in [4.78, 5) is 19.2. The van der Waals surface area contributed by atoms with Gasteiger partial charge in [-0.1, -0.05) is 12.1 Å². The first kappa shape index (κ1) is 16.8. The minimum atomic E-state index is 0.0689. The molecule has 1 aliphatic rings. The number of aliphatic hydroxyl groups is 1. The maximum Gasteiger partial charge on any atom is 0.223 e. The first-order valence-corrected chi connectivity index (χ1v) is 8.83. The molecule has 0 spiro atoms. The summed E-state index contributed by atoms with van der Waals surface area (Å²) in [5.41, 5.74) is 2.19. The number of hydrogen-bond donors (Lipinski definition) is 2. The molecule has 3 rings (SSSR count). The Morgan fingerprint density at radius 3 is 2.79 bits per heavy atom. The van der Waals surface area contributed by atoms with Crippen LogP contribution in [0.25, 0.3) is 11.0 Å². The minimum Gasteiger partial charge on any atom is -0.396 e. The number of carbonyl (C=O) groups excluding carboxylic acids is 1. The minimum absolute atomic E-state index is 0.0689. The molecule has 0 unspecified atom stereocenters. The van der Waals surface area contributed by atoms with Crippen molar-refractivity contribution < 1.29 is 9.90 Å². The van der Waals surface area contributed by atoms with E-state index < -0.39 is 0 Å². The lowest BCUT2D eigenvalue weighted by atomic mass is 9.96. The predicted octanol–water partition coefficient (Wildman–Crippen LogP) is 1.77. The van der Waals surface area contributed by atoms with Crippen molar-refractivity contribution in [2.75, 3.05) is 31.1 Å².